The summed E-state index contributed by atoms with van der Waals surface area (Å²) in [6.45, 7) is 2.72. The maximum atomic E-state index is 12.4. The molecule has 0 aliphatic carbocycles. The molecule has 1 aliphatic rings. The van der Waals surface area contributed by atoms with Crippen molar-refractivity contribution in [1.82, 2.24) is 4.90 Å². The molecule has 0 unspecified atom stereocenters. The summed E-state index contributed by atoms with van der Waals surface area (Å²) in [6, 6.07) is 7.72. The summed E-state index contributed by atoms with van der Waals surface area (Å²) in [7, 11) is 0. The minimum absolute atomic E-state index is 0.0793. The van der Waals surface area contributed by atoms with Gasteiger partial charge in [0.15, 0.2) is 0 Å². The van der Waals surface area contributed by atoms with Crippen LogP contribution in [0.4, 0.5) is 0 Å². The van der Waals surface area contributed by atoms with Gasteiger partial charge in [0.25, 0.3) is 5.91 Å². The maximum Gasteiger partial charge on any atom is 0.265 e. The van der Waals surface area contributed by atoms with Gasteiger partial charge >= 0.3 is 0 Å². The van der Waals surface area contributed by atoms with E-state index >= 15 is 0 Å². The summed E-state index contributed by atoms with van der Waals surface area (Å²) < 4.78 is 1.02. The lowest BCUT2D eigenvalue weighted by Crippen LogP contribution is -2.63. The Bertz CT molecular complexity index is 646. The van der Waals surface area contributed by atoms with Crippen LogP contribution in [0.3, 0.4) is 0 Å². The second kappa shape index (κ2) is 4.47. The maximum absolute atomic E-state index is 12.4. The number of hydrogen-bond acceptors (Lipinski definition) is 3. The highest BCUT2D eigenvalue weighted by atomic mass is 35.5. The summed E-state index contributed by atoms with van der Waals surface area (Å²) in [4.78, 5) is 14.6. The molecule has 100 valence electrons. The molecule has 0 atom stereocenters. The largest absolute Gasteiger partial charge is 0.386 e. The topological polar surface area (TPSA) is 40.5 Å². The zero-order chi connectivity index (χ0) is 13.6. The van der Waals surface area contributed by atoms with Gasteiger partial charge in [-0.05, 0) is 12.5 Å². The highest BCUT2D eigenvalue weighted by Gasteiger charge is 2.43. The number of rotatable bonds is 2. The third-order valence-electron chi connectivity index (χ3n) is 3.64. The standard InChI is InChI=1S/C14H14ClNO2S/c1-2-14(18)7-16(8-14)13(17)12-11(15)9-5-3-4-6-10(9)19-12/h3-6,18H,2,7-8H2,1H3. The van der Waals surface area contributed by atoms with Gasteiger partial charge in [-0.15, -0.1) is 11.3 Å². The van der Waals surface area contributed by atoms with Crippen molar-refractivity contribution in [3.8, 4) is 0 Å². The zero-order valence-electron chi connectivity index (χ0n) is 10.5. The Labute approximate surface area is 120 Å². The second-order valence-corrected chi connectivity index (χ2v) is 6.41. The van der Waals surface area contributed by atoms with Crippen molar-refractivity contribution in [1.29, 1.82) is 0 Å². The summed E-state index contributed by atoms with van der Waals surface area (Å²) in [5.41, 5.74) is -0.710. The molecule has 19 heavy (non-hydrogen) atoms. The zero-order valence-corrected chi connectivity index (χ0v) is 12.1. The lowest BCUT2D eigenvalue weighted by atomic mass is 9.91. The summed E-state index contributed by atoms with van der Waals surface area (Å²) in [5.74, 6) is -0.0793. The Morgan fingerprint density at radius 3 is 2.79 bits per heavy atom. The van der Waals surface area contributed by atoms with Crippen LogP contribution in [-0.2, 0) is 0 Å². The molecule has 0 spiro atoms. The summed E-state index contributed by atoms with van der Waals surface area (Å²) in [6.07, 6.45) is 0.664. The Kier molecular flexibility index (Phi) is 3.04. The predicted octanol–water partition coefficient (Wildman–Crippen LogP) is 3.15. The molecule has 1 aromatic carbocycles. The fraction of sp³-hybridized carbons (Fsp3) is 0.357. The van der Waals surface area contributed by atoms with Crippen molar-refractivity contribution < 1.29 is 9.90 Å². The number of carbonyl (C=O) groups is 1. The molecule has 1 amide bonds. The Hall–Kier alpha value is -1.10. The van der Waals surface area contributed by atoms with Crippen LogP contribution in [0.25, 0.3) is 10.1 Å². The molecule has 1 fully saturated rings. The first-order valence-corrected chi connectivity index (χ1v) is 7.42. The van der Waals surface area contributed by atoms with Crippen LogP contribution in [0, 0.1) is 0 Å². The van der Waals surface area contributed by atoms with Crippen LogP contribution >= 0.6 is 22.9 Å². The molecule has 2 heterocycles. The molecule has 0 radical (unpaired) electrons. The molecule has 1 aromatic heterocycles. The Morgan fingerprint density at radius 2 is 2.16 bits per heavy atom. The van der Waals surface area contributed by atoms with E-state index in [-0.39, 0.29) is 5.91 Å². The number of aliphatic hydroxyl groups is 1. The van der Waals surface area contributed by atoms with Gasteiger partial charge in [-0.2, -0.15) is 0 Å². The fourth-order valence-corrected chi connectivity index (χ4v) is 3.81. The molecular formula is C14H14ClNO2S. The van der Waals surface area contributed by atoms with Gasteiger partial charge in [0.1, 0.15) is 4.88 Å². The van der Waals surface area contributed by atoms with Gasteiger partial charge in [-0.25, -0.2) is 0 Å². The number of fused-ring (bicyclic) bond motifs is 1. The van der Waals surface area contributed by atoms with E-state index in [1.165, 1.54) is 11.3 Å². The normalized spacial score (nSPS) is 17.5. The number of β-amino-alcohol motifs (C(OH)–C–C–N with tert-alkyl or cyclic N) is 1. The molecule has 1 saturated heterocycles. The third kappa shape index (κ3) is 2.04. The van der Waals surface area contributed by atoms with Crippen LogP contribution in [0.1, 0.15) is 23.0 Å². The SMILES string of the molecule is CCC1(O)CN(C(=O)c2sc3ccccc3c2Cl)C1. The number of halogens is 1. The highest BCUT2D eigenvalue weighted by Crippen LogP contribution is 2.37. The quantitative estimate of drug-likeness (QED) is 0.924. The van der Waals surface area contributed by atoms with Crippen molar-refractivity contribution in [2.45, 2.75) is 18.9 Å². The van der Waals surface area contributed by atoms with Crippen LogP contribution in [0.2, 0.25) is 5.02 Å². The molecule has 5 heteroatoms. The van der Waals surface area contributed by atoms with E-state index in [4.69, 9.17) is 11.6 Å². The molecule has 3 rings (SSSR count). The molecule has 2 aromatic rings. The smallest absolute Gasteiger partial charge is 0.265 e. The number of likely N-dealkylation sites (tertiary alicyclic amines) is 1. The molecular weight excluding hydrogens is 282 g/mol. The summed E-state index contributed by atoms with van der Waals surface area (Å²) >= 11 is 7.70. The van der Waals surface area contributed by atoms with E-state index in [0.717, 1.165) is 10.1 Å². The minimum Gasteiger partial charge on any atom is -0.386 e. The predicted molar refractivity (Wildman–Crippen MR) is 78.0 cm³/mol. The van der Waals surface area contributed by atoms with Gasteiger partial charge in [0.05, 0.1) is 23.7 Å². The second-order valence-electron chi connectivity index (χ2n) is 4.98. The molecule has 1 N–H and O–H groups in total. The van der Waals surface area contributed by atoms with Crippen LogP contribution in [-0.4, -0.2) is 34.6 Å². The van der Waals surface area contributed by atoms with E-state index in [1.54, 1.807) is 4.90 Å². The number of hydrogen-bond donors (Lipinski definition) is 1. The number of carbonyl (C=O) groups excluding carboxylic acids is 1. The number of benzene rings is 1. The van der Waals surface area contributed by atoms with E-state index < -0.39 is 5.60 Å². The van der Waals surface area contributed by atoms with Crippen molar-refractivity contribution in [3.63, 3.8) is 0 Å². The average Bonchev–Trinajstić information content (AvgIpc) is 2.72. The van der Waals surface area contributed by atoms with Gasteiger partial charge in [0.2, 0.25) is 0 Å². The van der Waals surface area contributed by atoms with Crippen molar-refractivity contribution in [2.24, 2.45) is 0 Å². The van der Waals surface area contributed by atoms with Crippen molar-refractivity contribution in [3.05, 3.63) is 34.2 Å². The molecule has 1 aliphatic heterocycles. The third-order valence-corrected chi connectivity index (χ3v) is 5.31. The van der Waals surface area contributed by atoms with Gasteiger partial charge in [0, 0.05) is 10.1 Å². The lowest BCUT2D eigenvalue weighted by Gasteiger charge is -2.45. The fourth-order valence-electron chi connectivity index (χ4n) is 2.33. The summed E-state index contributed by atoms with van der Waals surface area (Å²) in [5, 5.41) is 11.4. The van der Waals surface area contributed by atoms with E-state index in [2.05, 4.69) is 0 Å². The monoisotopic (exact) mass is 295 g/mol. The van der Waals surface area contributed by atoms with Crippen LogP contribution in [0.5, 0.6) is 0 Å². The highest BCUT2D eigenvalue weighted by molar-refractivity contribution is 7.21. The Balaban J connectivity index is 1.89. The van der Waals surface area contributed by atoms with Crippen molar-refractivity contribution in [2.75, 3.05) is 13.1 Å². The minimum atomic E-state index is -0.710. The first-order chi connectivity index (χ1) is 9.04. The lowest BCUT2D eigenvalue weighted by molar-refractivity contribution is -0.0824. The molecule has 3 nitrogen and oxygen atoms in total. The van der Waals surface area contributed by atoms with Crippen molar-refractivity contribution >= 4 is 38.9 Å². The van der Waals surface area contributed by atoms with Crippen LogP contribution in [0.15, 0.2) is 24.3 Å². The van der Waals surface area contributed by atoms with Crippen LogP contribution < -0.4 is 0 Å². The first kappa shape index (κ1) is 12.9. The van der Waals surface area contributed by atoms with Gasteiger partial charge in [-0.1, -0.05) is 36.7 Å². The van der Waals surface area contributed by atoms with E-state index in [0.29, 0.717) is 29.4 Å². The van der Waals surface area contributed by atoms with Gasteiger partial charge < -0.3 is 10.0 Å². The van der Waals surface area contributed by atoms with E-state index in [9.17, 15) is 9.90 Å². The van der Waals surface area contributed by atoms with Gasteiger partial charge in [-0.3, -0.25) is 4.79 Å². The number of amides is 1. The average molecular weight is 296 g/mol. The molecule has 0 saturated carbocycles. The number of nitrogens with zero attached hydrogens (tertiary/aromatic N) is 1. The molecule has 0 bridgehead atoms. The number of thiophene rings is 1. The Morgan fingerprint density at radius 1 is 1.47 bits per heavy atom. The first-order valence-electron chi connectivity index (χ1n) is 6.23. The van der Waals surface area contributed by atoms with E-state index in [1.807, 2.05) is 31.2 Å².